The van der Waals surface area contributed by atoms with Gasteiger partial charge in [-0.2, -0.15) is 0 Å². The summed E-state index contributed by atoms with van der Waals surface area (Å²) < 4.78 is 39.4. The van der Waals surface area contributed by atoms with E-state index in [1.807, 2.05) is 0 Å². The minimum atomic E-state index is -1.64. The molecule has 0 saturated carbocycles. The average molecular weight is 305 g/mol. The van der Waals surface area contributed by atoms with Crippen LogP contribution in [0, 0.1) is 17.5 Å². The summed E-state index contributed by atoms with van der Waals surface area (Å²) in [6.07, 6.45) is -1.04. The minimum absolute atomic E-state index is 0.269. The van der Waals surface area contributed by atoms with Crippen molar-refractivity contribution in [2.45, 2.75) is 18.9 Å². The molecule has 0 spiro atoms. The van der Waals surface area contributed by atoms with Crippen molar-refractivity contribution in [2.75, 3.05) is 0 Å². The van der Waals surface area contributed by atoms with Gasteiger partial charge in [-0.1, -0.05) is 0 Å². The fourth-order valence-corrected chi connectivity index (χ4v) is 1.51. The Hall–Kier alpha value is -2.58. The summed E-state index contributed by atoms with van der Waals surface area (Å²) in [5, 5.41) is 19.0. The van der Waals surface area contributed by atoms with Gasteiger partial charge in [0.2, 0.25) is 0 Å². The van der Waals surface area contributed by atoms with Crippen LogP contribution in [0.1, 0.15) is 23.2 Å². The van der Waals surface area contributed by atoms with Gasteiger partial charge >= 0.3 is 11.9 Å². The lowest BCUT2D eigenvalue weighted by Crippen LogP contribution is -2.41. The third-order valence-electron chi connectivity index (χ3n) is 2.48. The van der Waals surface area contributed by atoms with Crippen molar-refractivity contribution in [1.29, 1.82) is 0 Å². The third kappa shape index (κ3) is 4.48. The van der Waals surface area contributed by atoms with Crippen LogP contribution in [-0.2, 0) is 9.59 Å². The number of carboxylic acid groups (broad SMARTS) is 2. The Morgan fingerprint density at radius 2 is 1.62 bits per heavy atom. The molecule has 1 atom stereocenters. The number of aliphatic carboxylic acids is 2. The highest BCUT2D eigenvalue weighted by atomic mass is 19.1. The van der Waals surface area contributed by atoms with Crippen LogP contribution in [-0.4, -0.2) is 34.1 Å². The molecule has 0 radical (unpaired) electrons. The van der Waals surface area contributed by atoms with Gasteiger partial charge in [-0.3, -0.25) is 9.59 Å². The van der Waals surface area contributed by atoms with Crippen LogP contribution in [0.25, 0.3) is 0 Å². The molecule has 9 heteroatoms. The van der Waals surface area contributed by atoms with E-state index in [4.69, 9.17) is 10.2 Å². The summed E-state index contributed by atoms with van der Waals surface area (Å²) in [4.78, 5) is 32.8. The zero-order valence-corrected chi connectivity index (χ0v) is 10.4. The number of hydrogen-bond acceptors (Lipinski definition) is 3. The monoisotopic (exact) mass is 305 g/mol. The Morgan fingerprint density at radius 3 is 2.05 bits per heavy atom. The first-order valence-electron chi connectivity index (χ1n) is 5.62. The number of amides is 1. The SMILES string of the molecule is O=C(O)CC[C@@H](NC(=O)c1c(F)cc(F)cc1F)C(=O)O. The molecule has 0 aromatic heterocycles. The Morgan fingerprint density at radius 1 is 1.10 bits per heavy atom. The van der Waals surface area contributed by atoms with Crippen LogP contribution in [0.5, 0.6) is 0 Å². The number of nitrogens with one attached hydrogen (secondary N) is 1. The average Bonchev–Trinajstić information content (AvgIpc) is 2.32. The Labute approximate surface area is 116 Å². The highest BCUT2D eigenvalue weighted by Gasteiger charge is 2.25. The van der Waals surface area contributed by atoms with Crippen molar-refractivity contribution < 1.29 is 37.8 Å². The van der Waals surface area contributed by atoms with Crippen LogP contribution in [0.3, 0.4) is 0 Å². The molecule has 0 aliphatic heterocycles. The lowest BCUT2D eigenvalue weighted by Gasteiger charge is -2.14. The molecular weight excluding hydrogens is 295 g/mol. The molecule has 114 valence electrons. The molecule has 21 heavy (non-hydrogen) atoms. The largest absolute Gasteiger partial charge is 0.481 e. The molecule has 1 aromatic rings. The van der Waals surface area contributed by atoms with Crippen LogP contribution >= 0.6 is 0 Å². The van der Waals surface area contributed by atoms with Crippen molar-refractivity contribution >= 4 is 17.8 Å². The summed E-state index contributed by atoms with van der Waals surface area (Å²) >= 11 is 0. The van der Waals surface area contributed by atoms with Crippen LogP contribution < -0.4 is 5.32 Å². The number of halogens is 3. The molecule has 0 unspecified atom stereocenters. The Balaban J connectivity index is 2.92. The Bertz CT molecular complexity index is 567. The van der Waals surface area contributed by atoms with E-state index in [9.17, 15) is 27.6 Å². The summed E-state index contributed by atoms with van der Waals surface area (Å²) in [5.74, 6) is -8.49. The normalized spacial score (nSPS) is 11.8. The molecule has 1 aromatic carbocycles. The molecule has 6 nitrogen and oxygen atoms in total. The second kappa shape index (κ2) is 6.73. The summed E-state index contributed by atoms with van der Waals surface area (Å²) in [5.41, 5.74) is -1.14. The second-order valence-electron chi connectivity index (χ2n) is 4.04. The maximum atomic E-state index is 13.3. The van der Waals surface area contributed by atoms with E-state index in [1.165, 1.54) is 0 Å². The van der Waals surface area contributed by atoms with Crippen LogP contribution in [0.4, 0.5) is 13.2 Å². The molecule has 0 saturated heterocycles. The number of benzene rings is 1. The molecule has 0 aliphatic rings. The molecule has 0 heterocycles. The second-order valence-corrected chi connectivity index (χ2v) is 4.04. The molecule has 1 rings (SSSR count). The lowest BCUT2D eigenvalue weighted by molar-refractivity contribution is -0.140. The number of carboxylic acids is 2. The number of carbonyl (C=O) groups is 3. The van der Waals surface area contributed by atoms with Crippen LogP contribution in [0.2, 0.25) is 0 Å². The minimum Gasteiger partial charge on any atom is -0.481 e. The van der Waals surface area contributed by atoms with Crippen molar-refractivity contribution in [1.82, 2.24) is 5.32 Å². The first-order valence-corrected chi connectivity index (χ1v) is 5.62. The van der Waals surface area contributed by atoms with Crippen molar-refractivity contribution in [3.63, 3.8) is 0 Å². The number of rotatable bonds is 6. The van der Waals surface area contributed by atoms with E-state index >= 15 is 0 Å². The standard InChI is InChI=1S/C12H10F3NO5/c13-5-3-6(14)10(7(15)4-5)11(19)16-8(12(20)21)1-2-9(17)18/h3-4,8H,1-2H2,(H,16,19)(H,17,18)(H,20,21)/t8-/m1/s1. The van der Waals surface area contributed by atoms with Gasteiger partial charge in [-0.05, 0) is 6.42 Å². The highest BCUT2D eigenvalue weighted by Crippen LogP contribution is 2.15. The fraction of sp³-hybridized carbons (Fsp3) is 0.250. The van der Waals surface area contributed by atoms with Gasteiger partial charge in [0.05, 0.1) is 0 Å². The van der Waals surface area contributed by atoms with Crippen LogP contribution in [0.15, 0.2) is 12.1 Å². The quantitative estimate of drug-likeness (QED) is 0.731. The first kappa shape index (κ1) is 16.5. The van der Waals surface area contributed by atoms with Gasteiger partial charge in [-0.15, -0.1) is 0 Å². The van der Waals surface area contributed by atoms with E-state index < -0.39 is 59.7 Å². The number of carbonyl (C=O) groups excluding carboxylic acids is 1. The van der Waals surface area contributed by atoms with E-state index in [0.717, 1.165) is 0 Å². The fourth-order valence-electron chi connectivity index (χ4n) is 1.51. The molecule has 1 amide bonds. The summed E-state index contributed by atoms with van der Waals surface area (Å²) in [7, 11) is 0. The molecule has 3 N–H and O–H groups in total. The maximum absolute atomic E-state index is 13.3. The maximum Gasteiger partial charge on any atom is 0.326 e. The van der Waals surface area contributed by atoms with Gasteiger partial charge in [0.15, 0.2) is 0 Å². The first-order chi connectivity index (χ1) is 9.72. The van der Waals surface area contributed by atoms with E-state index in [2.05, 4.69) is 0 Å². The third-order valence-corrected chi connectivity index (χ3v) is 2.48. The molecule has 0 aliphatic carbocycles. The van der Waals surface area contributed by atoms with Gasteiger partial charge in [0.1, 0.15) is 29.1 Å². The zero-order valence-electron chi connectivity index (χ0n) is 10.4. The van der Waals surface area contributed by atoms with Crippen molar-refractivity contribution in [3.8, 4) is 0 Å². The van der Waals surface area contributed by atoms with E-state index in [0.29, 0.717) is 0 Å². The highest BCUT2D eigenvalue weighted by molar-refractivity contribution is 5.97. The van der Waals surface area contributed by atoms with E-state index in [-0.39, 0.29) is 12.1 Å². The smallest absolute Gasteiger partial charge is 0.326 e. The molecule has 0 fully saturated rings. The van der Waals surface area contributed by atoms with Gasteiger partial charge in [0.25, 0.3) is 5.91 Å². The lowest BCUT2D eigenvalue weighted by atomic mass is 10.1. The topological polar surface area (TPSA) is 104 Å². The predicted octanol–water partition coefficient (Wildman–Crippen LogP) is 1.15. The predicted molar refractivity (Wildman–Crippen MR) is 62.1 cm³/mol. The molecular formula is C12H10F3NO5. The Kier molecular flexibility index (Phi) is 5.28. The van der Waals surface area contributed by atoms with Crippen molar-refractivity contribution in [2.24, 2.45) is 0 Å². The van der Waals surface area contributed by atoms with Crippen molar-refractivity contribution in [3.05, 3.63) is 35.1 Å². The van der Waals surface area contributed by atoms with Gasteiger partial charge < -0.3 is 15.5 Å². The number of hydrogen-bond donors (Lipinski definition) is 3. The summed E-state index contributed by atoms with van der Waals surface area (Å²) in [6, 6.07) is -1.10. The van der Waals surface area contributed by atoms with Gasteiger partial charge in [-0.25, -0.2) is 18.0 Å². The molecule has 0 bridgehead atoms. The zero-order chi connectivity index (χ0) is 16.2. The summed E-state index contributed by atoms with van der Waals surface area (Å²) in [6.45, 7) is 0. The van der Waals surface area contributed by atoms with E-state index in [1.54, 1.807) is 5.32 Å². The van der Waals surface area contributed by atoms with Gasteiger partial charge in [0, 0.05) is 18.6 Å².